The first-order chi connectivity index (χ1) is 17.3. The largest absolute Gasteiger partial charge is 0.507 e. The summed E-state index contributed by atoms with van der Waals surface area (Å²) >= 11 is 6.10. The van der Waals surface area contributed by atoms with Crippen LogP contribution >= 0.6 is 11.6 Å². The third-order valence-electron chi connectivity index (χ3n) is 5.97. The number of rotatable bonds is 8. The molecule has 36 heavy (non-hydrogen) atoms. The number of carbonyl (C=O) groups is 2. The van der Waals surface area contributed by atoms with Crippen LogP contribution in [0.1, 0.15) is 36.6 Å². The highest BCUT2D eigenvalue weighted by atomic mass is 35.5. The van der Waals surface area contributed by atoms with E-state index in [0.717, 1.165) is 5.56 Å². The van der Waals surface area contributed by atoms with Gasteiger partial charge in [-0.1, -0.05) is 55.8 Å². The summed E-state index contributed by atoms with van der Waals surface area (Å²) in [5.74, 6) is -0.0537. The number of likely N-dealkylation sites (tertiary alicyclic amines) is 1. The first-order valence-corrected chi connectivity index (χ1v) is 12.1. The number of aliphatic hydroxyl groups is 1. The van der Waals surface area contributed by atoms with Crippen LogP contribution in [0.5, 0.6) is 11.5 Å². The molecule has 1 N–H and O–H groups in total. The lowest BCUT2D eigenvalue weighted by molar-refractivity contribution is -0.140. The highest BCUT2D eigenvalue weighted by Crippen LogP contribution is 2.41. The summed E-state index contributed by atoms with van der Waals surface area (Å²) in [5.41, 5.74) is 1.84. The predicted octanol–water partition coefficient (Wildman–Crippen LogP) is 6.01. The van der Waals surface area contributed by atoms with Gasteiger partial charge in [-0.05, 0) is 53.9 Å². The summed E-state index contributed by atoms with van der Waals surface area (Å²) in [6, 6.07) is 20.2. The molecule has 1 aliphatic rings. The first-order valence-electron chi connectivity index (χ1n) is 11.7. The van der Waals surface area contributed by atoms with E-state index in [0.29, 0.717) is 40.2 Å². The summed E-state index contributed by atoms with van der Waals surface area (Å²) in [4.78, 5) is 28.0. The average Bonchev–Trinajstić information content (AvgIpc) is 3.13. The van der Waals surface area contributed by atoms with Gasteiger partial charge in [-0.2, -0.15) is 0 Å². The number of hydrogen-bond donors (Lipinski definition) is 1. The zero-order valence-corrected chi connectivity index (χ0v) is 21.2. The van der Waals surface area contributed by atoms with Crippen molar-refractivity contribution < 1.29 is 24.2 Å². The van der Waals surface area contributed by atoms with Crippen molar-refractivity contribution in [3.8, 4) is 11.5 Å². The number of aliphatic hydroxyl groups excluding tert-OH is 1. The van der Waals surface area contributed by atoms with Gasteiger partial charge in [-0.25, -0.2) is 0 Å². The molecule has 1 saturated heterocycles. The van der Waals surface area contributed by atoms with Crippen molar-refractivity contribution >= 4 is 29.1 Å². The predicted molar refractivity (Wildman–Crippen MR) is 139 cm³/mol. The normalized spacial score (nSPS) is 17.0. The van der Waals surface area contributed by atoms with E-state index in [2.05, 4.69) is 13.8 Å². The van der Waals surface area contributed by atoms with Gasteiger partial charge in [0.25, 0.3) is 11.7 Å². The van der Waals surface area contributed by atoms with Crippen LogP contribution in [0, 0.1) is 5.92 Å². The number of hydrogen-bond acceptors (Lipinski definition) is 5. The third kappa shape index (κ3) is 5.24. The van der Waals surface area contributed by atoms with E-state index in [-0.39, 0.29) is 17.9 Å². The van der Waals surface area contributed by atoms with E-state index in [1.165, 1.54) is 4.90 Å². The Kier molecular flexibility index (Phi) is 7.65. The lowest BCUT2D eigenvalue weighted by Gasteiger charge is -2.26. The minimum absolute atomic E-state index is 0.0214. The van der Waals surface area contributed by atoms with Gasteiger partial charge in [0.2, 0.25) is 0 Å². The van der Waals surface area contributed by atoms with Crippen LogP contribution in [0.4, 0.5) is 0 Å². The molecule has 0 saturated carbocycles. The molecule has 1 unspecified atom stereocenters. The fourth-order valence-corrected chi connectivity index (χ4v) is 4.31. The molecule has 1 amide bonds. The standard InChI is InChI=1S/C29H28ClNO5/c1-18(2)17-36-23-14-10-20(11-15-23)27(32)25-26(19-8-12-22(30)13-9-19)31(29(34)28(25)33)16-21-6-4-5-7-24(21)35-3/h4-15,18,26,32H,16-17H2,1-3H3/b27-25+. The van der Waals surface area contributed by atoms with Crippen molar-refractivity contribution in [3.05, 3.63) is 100 Å². The van der Waals surface area contributed by atoms with Crippen LogP contribution in [0.3, 0.4) is 0 Å². The first kappa shape index (κ1) is 25.3. The highest BCUT2D eigenvalue weighted by molar-refractivity contribution is 6.46. The molecule has 3 aromatic carbocycles. The SMILES string of the molecule is COc1ccccc1CN1C(=O)C(=O)/C(=C(/O)c2ccc(OCC(C)C)cc2)C1c1ccc(Cl)cc1. The van der Waals surface area contributed by atoms with E-state index in [1.807, 2.05) is 18.2 Å². The molecule has 7 heteroatoms. The maximum Gasteiger partial charge on any atom is 0.295 e. The monoisotopic (exact) mass is 505 g/mol. The fourth-order valence-electron chi connectivity index (χ4n) is 4.18. The van der Waals surface area contributed by atoms with E-state index in [4.69, 9.17) is 21.1 Å². The van der Waals surface area contributed by atoms with Crippen molar-refractivity contribution in [3.63, 3.8) is 0 Å². The van der Waals surface area contributed by atoms with Crippen LogP contribution in [-0.2, 0) is 16.1 Å². The molecule has 186 valence electrons. The Morgan fingerprint density at radius 3 is 2.31 bits per heavy atom. The van der Waals surface area contributed by atoms with Crippen molar-refractivity contribution in [2.75, 3.05) is 13.7 Å². The minimum Gasteiger partial charge on any atom is -0.507 e. The van der Waals surface area contributed by atoms with E-state index < -0.39 is 17.7 Å². The lowest BCUT2D eigenvalue weighted by Crippen LogP contribution is -2.29. The number of Topliss-reactive ketones (excluding diaryl/α,β-unsaturated/α-hetero) is 1. The van der Waals surface area contributed by atoms with Gasteiger partial charge in [0.05, 0.1) is 31.9 Å². The average molecular weight is 506 g/mol. The van der Waals surface area contributed by atoms with Crippen LogP contribution in [0.25, 0.3) is 5.76 Å². The zero-order chi connectivity index (χ0) is 25.8. The highest BCUT2D eigenvalue weighted by Gasteiger charge is 2.46. The number of carbonyl (C=O) groups excluding carboxylic acids is 2. The summed E-state index contributed by atoms with van der Waals surface area (Å²) < 4.78 is 11.2. The second-order valence-electron chi connectivity index (χ2n) is 9.02. The molecule has 0 aliphatic carbocycles. The summed E-state index contributed by atoms with van der Waals surface area (Å²) in [5, 5.41) is 11.8. The number of ketones is 1. The maximum absolute atomic E-state index is 13.3. The van der Waals surface area contributed by atoms with Crippen molar-refractivity contribution in [2.24, 2.45) is 5.92 Å². The van der Waals surface area contributed by atoms with Crippen molar-refractivity contribution in [1.29, 1.82) is 0 Å². The summed E-state index contributed by atoms with van der Waals surface area (Å²) in [6.45, 7) is 4.80. The molecule has 1 heterocycles. The number of para-hydroxylation sites is 1. The number of halogens is 1. The zero-order valence-electron chi connectivity index (χ0n) is 20.4. The molecule has 0 bridgehead atoms. The molecule has 0 aromatic heterocycles. The molecule has 6 nitrogen and oxygen atoms in total. The number of methoxy groups -OCH3 is 1. The smallest absolute Gasteiger partial charge is 0.295 e. The van der Waals surface area contributed by atoms with Gasteiger partial charge in [0.1, 0.15) is 17.3 Å². The number of ether oxygens (including phenoxy) is 2. The van der Waals surface area contributed by atoms with Gasteiger partial charge in [-0.15, -0.1) is 0 Å². The molecule has 4 rings (SSSR count). The molecule has 1 fully saturated rings. The molecule has 0 radical (unpaired) electrons. The third-order valence-corrected chi connectivity index (χ3v) is 6.22. The molecular formula is C29H28ClNO5. The Morgan fingerprint density at radius 2 is 1.67 bits per heavy atom. The maximum atomic E-state index is 13.3. The number of amides is 1. The van der Waals surface area contributed by atoms with Crippen molar-refractivity contribution in [2.45, 2.75) is 26.4 Å². The van der Waals surface area contributed by atoms with Crippen LogP contribution in [-0.4, -0.2) is 35.4 Å². The lowest BCUT2D eigenvalue weighted by atomic mass is 9.95. The second-order valence-corrected chi connectivity index (χ2v) is 9.46. The second kappa shape index (κ2) is 10.9. The summed E-state index contributed by atoms with van der Waals surface area (Å²) in [6.07, 6.45) is 0. The van der Waals surface area contributed by atoms with E-state index in [1.54, 1.807) is 61.7 Å². The Morgan fingerprint density at radius 1 is 1.00 bits per heavy atom. The van der Waals surface area contributed by atoms with Gasteiger partial charge in [0.15, 0.2) is 0 Å². The number of benzene rings is 3. The van der Waals surface area contributed by atoms with Gasteiger partial charge < -0.3 is 19.5 Å². The minimum atomic E-state index is -0.802. The van der Waals surface area contributed by atoms with Gasteiger partial charge >= 0.3 is 0 Å². The van der Waals surface area contributed by atoms with Crippen LogP contribution in [0.2, 0.25) is 5.02 Å². The van der Waals surface area contributed by atoms with Crippen LogP contribution in [0.15, 0.2) is 78.4 Å². The fraction of sp³-hybridized carbons (Fsp3) is 0.241. The van der Waals surface area contributed by atoms with Crippen LogP contribution < -0.4 is 9.47 Å². The molecule has 1 aliphatic heterocycles. The van der Waals surface area contributed by atoms with E-state index >= 15 is 0 Å². The molecule has 3 aromatic rings. The Balaban J connectivity index is 1.77. The quantitative estimate of drug-likeness (QED) is 0.231. The summed E-state index contributed by atoms with van der Waals surface area (Å²) in [7, 11) is 1.55. The van der Waals surface area contributed by atoms with Gasteiger partial charge in [0, 0.05) is 16.1 Å². The van der Waals surface area contributed by atoms with Crippen molar-refractivity contribution in [1.82, 2.24) is 4.90 Å². The van der Waals surface area contributed by atoms with Gasteiger partial charge in [-0.3, -0.25) is 9.59 Å². The Labute approximate surface area is 215 Å². The molecule has 1 atom stereocenters. The molecule has 0 spiro atoms. The number of nitrogens with zero attached hydrogens (tertiary/aromatic N) is 1. The molecular weight excluding hydrogens is 478 g/mol. The Hall–Kier alpha value is -3.77. The Bertz CT molecular complexity index is 1280. The topological polar surface area (TPSA) is 76.1 Å². The van der Waals surface area contributed by atoms with E-state index in [9.17, 15) is 14.7 Å².